The molecule has 0 aliphatic carbocycles. The van der Waals surface area contributed by atoms with Crippen molar-refractivity contribution in [2.45, 2.75) is 102 Å². The van der Waals surface area contributed by atoms with Gasteiger partial charge in [0.05, 0.1) is 0 Å². The zero-order chi connectivity index (χ0) is 33.7. The molecule has 2 heterocycles. The number of anilines is 1. The van der Waals surface area contributed by atoms with Gasteiger partial charge in [-0.2, -0.15) is 0 Å². The lowest BCUT2D eigenvalue weighted by Crippen LogP contribution is -2.33. The number of halogens is 1. The highest BCUT2D eigenvalue weighted by Crippen LogP contribution is 2.36. The predicted molar refractivity (Wildman–Crippen MR) is 196 cm³/mol. The molecule has 2 aromatic rings. The highest BCUT2D eigenvalue weighted by atomic mass is 19.1. The normalized spacial score (nSPS) is 15.5. The summed E-state index contributed by atoms with van der Waals surface area (Å²) in [5.74, 6) is 0.211. The van der Waals surface area contributed by atoms with Crippen LogP contribution in [0.1, 0.15) is 98.8 Å². The summed E-state index contributed by atoms with van der Waals surface area (Å²) in [6.07, 6.45) is 17.0. The van der Waals surface area contributed by atoms with Crippen molar-refractivity contribution in [3.8, 4) is 0 Å². The van der Waals surface area contributed by atoms with Crippen LogP contribution in [-0.4, -0.2) is 11.1 Å². The van der Waals surface area contributed by atoms with Crippen LogP contribution in [0.15, 0.2) is 109 Å². The van der Waals surface area contributed by atoms with Gasteiger partial charge in [-0.05, 0) is 109 Å². The minimum atomic E-state index is -0.151. The molecule has 0 saturated carbocycles. The molecule has 2 aromatic carbocycles. The van der Waals surface area contributed by atoms with Gasteiger partial charge in [-0.15, -0.1) is 0 Å². The Balaban J connectivity index is 0.000000963. The van der Waals surface area contributed by atoms with Gasteiger partial charge in [0, 0.05) is 23.8 Å². The van der Waals surface area contributed by atoms with Crippen LogP contribution in [0, 0.1) is 25.6 Å². The number of nitrogens with one attached hydrogen (secondary N) is 2. The van der Waals surface area contributed by atoms with Crippen molar-refractivity contribution in [1.82, 2.24) is 10.2 Å². The minimum absolute atomic E-state index is 0.151. The summed E-state index contributed by atoms with van der Waals surface area (Å²) in [6.45, 7) is 28.2. The van der Waals surface area contributed by atoms with Crippen molar-refractivity contribution >= 4 is 11.3 Å². The first-order chi connectivity index (χ1) is 21.3. The van der Waals surface area contributed by atoms with E-state index in [4.69, 9.17) is 0 Å². The lowest BCUT2D eigenvalue weighted by molar-refractivity contribution is 0.399. The van der Waals surface area contributed by atoms with Gasteiger partial charge in [-0.1, -0.05) is 105 Å². The highest BCUT2D eigenvalue weighted by Gasteiger charge is 2.24. The lowest BCUT2D eigenvalue weighted by atomic mass is 9.84. The summed E-state index contributed by atoms with van der Waals surface area (Å²) in [5.41, 5.74) is 9.03. The van der Waals surface area contributed by atoms with Crippen molar-refractivity contribution in [2.24, 2.45) is 5.92 Å². The van der Waals surface area contributed by atoms with Crippen LogP contribution in [0.4, 0.5) is 10.1 Å². The second kappa shape index (κ2) is 22.7. The zero-order valence-electron chi connectivity index (χ0n) is 29.7. The SMILES string of the molecule is C=CNc1cccc(C)c1.CC.CC.CC.CC/C=C\C(C1=CN2C(C)=CNC2C=C1)=C(\c1ccc(F)c(C)c1)C(C)CC. The van der Waals surface area contributed by atoms with E-state index in [1.54, 1.807) is 12.3 Å². The number of allylic oxidation sites excluding steroid dienone is 7. The fourth-order valence-corrected chi connectivity index (χ4v) is 4.61. The number of hydrogen-bond acceptors (Lipinski definition) is 3. The van der Waals surface area contributed by atoms with E-state index >= 15 is 0 Å². The minimum Gasteiger partial charge on any atom is -0.366 e. The van der Waals surface area contributed by atoms with Gasteiger partial charge in [0.2, 0.25) is 0 Å². The lowest BCUT2D eigenvalue weighted by Gasteiger charge is -2.28. The number of aryl methyl sites for hydroxylation is 2. The average molecular weight is 602 g/mol. The van der Waals surface area contributed by atoms with Gasteiger partial charge in [0.25, 0.3) is 0 Å². The Labute approximate surface area is 270 Å². The standard InChI is InChI=1S/C25H31FN2.C9H11N.3C2H6/c1-6-8-9-22(21-11-13-24-27-15-19(5)28(24)16-21)25(17(3)7-2)20-10-12-23(26)18(4)14-20;1-3-10-9-6-4-5-8(2)7-9;3*1-2/h8-17,24,27H,6-7H2,1-5H3;3-7,10H,1H2,2H3;3*1-2H3/b9-8-,25-22-;;;;. The molecule has 0 aromatic heterocycles. The zero-order valence-corrected chi connectivity index (χ0v) is 29.7. The van der Waals surface area contributed by atoms with E-state index in [1.807, 2.05) is 72.7 Å². The molecule has 0 spiro atoms. The molecule has 44 heavy (non-hydrogen) atoms. The molecule has 0 amide bonds. The summed E-state index contributed by atoms with van der Waals surface area (Å²) in [6, 6.07) is 13.6. The molecule has 3 nitrogen and oxygen atoms in total. The Bertz CT molecular complexity index is 1280. The average Bonchev–Trinajstić information content (AvgIpc) is 3.43. The molecule has 2 aliphatic heterocycles. The predicted octanol–water partition coefficient (Wildman–Crippen LogP) is 12.1. The molecule has 2 atom stereocenters. The van der Waals surface area contributed by atoms with Gasteiger partial charge >= 0.3 is 0 Å². The quantitative estimate of drug-likeness (QED) is 0.295. The van der Waals surface area contributed by atoms with Gasteiger partial charge in [0.15, 0.2) is 0 Å². The molecule has 2 unspecified atom stereocenters. The van der Waals surface area contributed by atoms with Crippen LogP contribution in [0.3, 0.4) is 0 Å². The molecule has 2 aliphatic rings. The van der Waals surface area contributed by atoms with E-state index in [-0.39, 0.29) is 12.0 Å². The van der Waals surface area contributed by atoms with E-state index in [2.05, 4.69) is 106 Å². The molecular weight excluding hydrogens is 541 g/mol. The fourth-order valence-electron chi connectivity index (χ4n) is 4.61. The number of fused-ring (bicyclic) bond motifs is 1. The smallest absolute Gasteiger partial charge is 0.126 e. The van der Waals surface area contributed by atoms with Crippen LogP contribution < -0.4 is 10.6 Å². The van der Waals surface area contributed by atoms with Gasteiger partial charge in [-0.3, -0.25) is 0 Å². The van der Waals surface area contributed by atoms with Crippen molar-refractivity contribution in [3.05, 3.63) is 131 Å². The molecule has 4 heteroatoms. The number of hydrogen-bond donors (Lipinski definition) is 2. The number of rotatable bonds is 8. The summed E-state index contributed by atoms with van der Waals surface area (Å²) in [4.78, 5) is 2.26. The number of nitrogens with zero attached hydrogens (tertiary/aromatic N) is 1. The van der Waals surface area contributed by atoms with Gasteiger partial charge in [0.1, 0.15) is 12.0 Å². The topological polar surface area (TPSA) is 27.3 Å². The Hall–Kier alpha value is -3.79. The Morgan fingerprint density at radius 3 is 2.27 bits per heavy atom. The maximum Gasteiger partial charge on any atom is 0.126 e. The molecule has 2 N–H and O–H groups in total. The first-order valence-electron chi connectivity index (χ1n) is 16.5. The van der Waals surface area contributed by atoms with E-state index in [0.717, 1.165) is 24.1 Å². The third kappa shape index (κ3) is 12.1. The largest absolute Gasteiger partial charge is 0.366 e. The first kappa shape index (κ1) is 40.2. The molecule has 242 valence electrons. The van der Waals surface area contributed by atoms with Crippen LogP contribution in [0.25, 0.3) is 5.57 Å². The Morgan fingerprint density at radius 1 is 1.02 bits per heavy atom. The van der Waals surface area contributed by atoms with E-state index in [1.165, 1.54) is 28.0 Å². The molecular formula is C40H60FN3. The summed E-state index contributed by atoms with van der Waals surface area (Å²) < 4.78 is 13.9. The van der Waals surface area contributed by atoms with Crippen LogP contribution >= 0.6 is 0 Å². The van der Waals surface area contributed by atoms with Crippen molar-refractivity contribution in [1.29, 1.82) is 0 Å². The van der Waals surface area contributed by atoms with Crippen molar-refractivity contribution < 1.29 is 4.39 Å². The Kier molecular flexibility index (Phi) is 20.8. The van der Waals surface area contributed by atoms with E-state index in [0.29, 0.717) is 11.5 Å². The second-order valence-electron chi connectivity index (χ2n) is 9.88. The Morgan fingerprint density at radius 2 is 1.70 bits per heavy atom. The summed E-state index contributed by atoms with van der Waals surface area (Å²) >= 11 is 0. The maximum atomic E-state index is 13.9. The molecule has 0 radical (unpaired) electrons. The summed E-state index contributed by atoms with van der Waals surface area (Å²) in [7, 11) is 0. The van der Waals surface area contributed by atoms with Crippen LogP contribution in [-0.2, 0) is 0 Å². The van der Waals surface area contributed by atoms with Crippen LogP contribution in [0.2, 0.25) is 0 Å². The van der Waals surface area contributed by atoms with Crippen LogP contribution in [0.5, 0.6) is 0 Å². The first-order valence-corrected chi connectivity index (χ1v) is 16.5. The maximum absolute atomic E-state index is 13.9. The van der Waals surface area contributed by atoms with Crippen molar-refractivity contribution in [3.63, 3.8) is 0 Å². The monoisotopic (exact) mass is 601 g/mol. The van der Waals surface area contributed by atoms with Crippen molar-refractivity contribution in [2.75, 3.05) is 5.32 Å². The van der Waals surface area contributed by atoms with Gasteiger partial charge < -0.3 is 15.5 Å². The second-order valence-corrected chi connectivity index (χ2v) is 9.88. The molecule has 0 fully saturated rings. The summed E-state index contributed by atoms with van der Waals surface area (Å²) in [5, 5.41) is 6.39. The fraction of sp³-hybridized carbons (Fsp3) is 0.400. The number of benzene rings is 2. The van der Waals surface area contributed by atoms with E-state index < -0.39 is 0 Å². The third-order valence-corrected chi connectivity index (χ3v) is 6.89. The molecule has 4 rings (SSSR count). The van der Waals surface area contributed by atoms with E-state index in [9.17, 15) is 4.39 Å². The molecule has 0 bridgehead atoms. The molecule has 0 saturated heterocycles. The highest BCUT2D eigenvalue weighted by molar-refractivity contribution is 5.78. The van der Waals surface area contributed by atoms with Gasteiger partial charge in [-0.25, -0.2) is 4.39 Å². The third-order valence-electron chi connectivity index (χ3n) is 6.89.